The summed E-state index contributed by atoms with van der Waals surface area (Å²) in [5, 5.41) is 5.88. The summed E-state index contributed by atoms with van der Waals surface area (Å²) in [5.74, 6) is 2.48. The number of aryl methyl sites for hydroxylation is 2. The van der Waals surface area contributed by atoms with Crippen molar-refractivity contribution in [3.63, 3.8) is 0 Å². The molecule has 1 atom stereocenters. The highest BCUT2D eigenvalue weighted by Crippen LogP contribution is 2.30. The third kappa shape index (κ3) is 6.05. The van der Waals surface area contributed by atoms with Crippen LogP contribution in [0.4, 0.5) is 5.82 Å². The molecule has 7 heteroatoms. The Kier molecular flexibility index (Phi) is 7.96. The van der Waals surface area contributed by atoms with Crippen LogP contribution >= 0.6 is 0 Å². The van der Waals surface area contributed by atoms with Crippen molar-refractivity contribution in [2.45, 2.75) is 73.6 Å². The van der Waals surface area contributed by atoms with Crippen LogP contribution in [-0.4, -0.2) is 56.7 Å². The lowest BCUT2D eigenvalue weighted by Crippen LogP contribution is -2.36. The molecule has 0 radical (unpaired) electrons. The van der Waals surface area contributed by atoms with Crippen molar-refractivity contribution in [1.29, 1.82) is 0 Å². The molecule has 36 heavy (non-hydrogen) atoms. The van der Waals surface area contributed by atoms with Crippen molar-refractivity contribution >= 4 is 22.8 Å². The molecule has 3 heterocycles. The highest BCUT2D eigenvalue weighted by atomic mass is 16.2. The van der Waals surface area contributed by atoms with Gasteiger partial charge in [0.1, 0.15) is 11.6 Å². The van der Waals surface area contributed by atoms with Gasteiger partial charge < -0.3 is 9.80 Å². The Morgan fingerprint density at radius 1 is 1.06 bits per heavy atom. The van der Waals surface area contributed by atoms with Gasteiger partial charge in [-0.3, -0.25) is 4.79 Å². The number of fused-ring (bicyclic) bond motifs is 1. The lowest BCUT2D eigenvalue weighted by molar-refractivity contribution is -0.132. The summed E-state index contributed by atoms with van der Waals surface area (Å²) < 4.78 is 1.94. The van der Waals surface area contributed by atoms with Crippen molar-refractivity contribution in [2.24, 2.45) is 11.3 Å². The second-order valence-corrected chi connectivity index (χ2v) is 11.5. The monoisotopic (exact) mass is 490 g/mol. The Bertz CT molecular complexity index is 1180. The lowest BCUT2D eigenvalue weighted by atomic mass is 9.84. The molecule has 2 aromatic heterocycles. The first kappa shape index (κ1) is 26.1. The average molecular weight is 491 g/mol. The van der Waals surface area contributed by atoms with Crippen molar-refractivity contribution in [3.8, 4) is 5.69 Å². The molecule has 1 amide bonds. The first-order valence-electron chi connectivity index (χ1n) is 13.5. The van der Waals surface area contributed by atoms with Crippen LogP contribution in [0.2, 0.25) is 0 Å². The molecule has 1 aliphatic heterocycles. The largest absolute Gasteiger partial charge is 0.354 e. The van der Waals surface area contributed by atoms with Crippen LogP contribution in [0.3, 0.4) is 0 Å². The van der Waals surface area contributed by atoms with E-state index in [2.05, 4.69) is 56.6 Å². The minimum absolute atomic E-state index is 0.242. The number of aromatic nitrogens is 4. The summed E-state index contributed by atoms with van der Waals surface area (Å²) in [7, 11) is 0. The maximum Gasteiger partial charge on any atom is 0.222 e. The quantitative estimate of drug-likeness (QED) is 0.433. The van der Waals surface area contributed by atoms with Crippen LogP contribution in [-0.2, 0) is 11.2 Å². The Labute approximate surface area is 215 Å². The standard InChI is InChI=1S/C29H42N6O/c1-7-12-24-30-27(26-22(3)32-35(28(26)31-24)23-13-9-8-10-14-23)34-16-11-15-33(17-18-34)25(36)19-21(2)20-29(4,5)6/h8-10,13-14,21H,7,11-12,15-20H2,1-6H3/t21-/m0/s1. The fourth-order valence-corrected chi connectivity index (χ4v) is 5.44. The van der Waals surface area contributed by atoms with Crippen molar-refractivity contribution < 1.29 is 4.79 Å². The van der Waals surface area contributed by atoms with E-state index in [1.807, 2.05) is 29.8 Å². The summed E-state index contributed by atoms with van der Waals surface area (Å²) >= 11 is 0. The van der Waals surface area contributed by atoms with E-state index >= 15 is 0 Å². The minimum Gasteiger partial charge on any atom is -0.354 e. The molecule has 0 bridgehead atoms. The molecule has 3 aromatic rings. The zero-order valence-corrected chi connectivity index (χ0v) is 22.9. The first-order chi connectivity index (χ1) is 17.2. The Morgan fingerprint density at radius 2 is 1.81 bits per heavy atom. The Hall–Kier alpha value is -2.96. The van der Waals surface area contributed by atoms with Gasteiger partial charge in [-0.2, -0.15) is 5.10 Å². The van der Waals surface area contributed by atoms with Gasteiger partial charge in [0.05, 0.1) is 16.8 Å². The third-order valence-electron chi connectivity index (χ3n) is 6.84. The van der Waals surface area contributed by atoms with Crippen molar-refractivity contribution in [3.05, 3.63) is 41.9 Å². The molecule has 4 rings (SSSR count). The highest BCUT2D eigenvalue weighted by molar-refractivity contribution is 5.91. The maximum absolute atomic E-state index is 13.1. The summed E-state index contributed by atoms with van der Waals surface area (Å²) in [5.41, 5.74) is 3.03. The molecule has 1 fully saturated rings. The summed E-state index contributed by atoms with van der Waals surface area (Å²) in [6.45, 7) is 16.3. The van der Waals surface area contributed by atoms with E-state index in [1.165, 1.54) is 0 Å². The second-order valence-electron chi connectivity index (χ2n) is 11.5. The number of nitrogens with zero attached hydrogens (tertiary/aromatic N) is 6. The predicted octanol–water partition coefficient (Wildman–Crippen LogP) is 5.58. The van der Waals surface area contributed by atoms with Gasteiger partial charge in [-0.25, -0.2) is 14.6 Å². The molecular formula is C29H42N6O. The first-order valence-corrected chi connectivity index (χ1v) is 13.5. The molecule has 0 saturated carbocycles. The highest BCUT2D eigenvalue weighted by Gasteiger charge is 2.26. The fraction of sp³-hybridized carbons (Fsp3) is 0.586. The van der Waals surface area contributed by atoms with E-state index < -0.39 is 0 Å². The van der Waals surface area contributed by atoms with E-state index in [9.17, 15) is 4.79 Å². The number of hydrogen-bond donors (Lipinski definition) is 0. The minimum atomic E-state index is 0.242. The maximum atomic E-state index is 13.1. The van der Waals surface area contributed by atoms with Crippen LogP contribution in [0.25, 0.3) is 16.7 Å². The normalized spacial score (nSPS) is 15.8. The van der Waals surface area contributed by atoms with Crippen LogP contribution in [0, 0.1) is 18.3 Å². The van der Waals surface area contributed by atoms with Gasteiger partial charge >= 0.3 is 0 Å². The third-order valence-corrected chi connectivity index (χ3v) is 6.84. The number of rotatable bonds is 7. The fourth-order valence-electron chi connectivity index (χ4n) is 5.44. The number of carbonyl (C=O) groups is 1. The number of anilines is 1. The van der Waals surface area contributed by atoms with Gasteiger partial charge in [-0.15, -0.1) is 0 Å². The molecule has 0 aliphatic carbocycles. The number of para-hydroxylation sites is 1. The average Bonchev–Trinajstić information content (AvgIpc) is 2.98. The van der Waals surface area contributed by atoms with Crippen molar-refractivity contribution in [1.82, 2.24) is 24.6 Å². The van der Waals surface area contributed by atoms with Crippen LogP contribution < -0.4 is 4.90 Å². The number of benzene rings is 1. The number of carbonyl (C=O) groups excluding carboxylic acids is 1. The SMILES string of the molecule is CCCc1nc(N2CCCN(C(=O)C[C@H](C)CC(C)(C)C)CC2)c2c(C)nn(-c3ccccc3)c2n1. The smallest absolute Gasteiger partial charge is 0.222 e. The van der Waals surface area contributed by atoms with Crippen LogP contribution in [0.15, 0.2) is 30.3 Å². The zero-order chi connectivity index (χ0) is 25.9. The Morgan fingerprint density at radius 3 is 2.50 bits per heavy atom. The molecular weight excluding hydrogens is 448 g/mol. The van der Waals surface area contributed by atoms with E-state index in [0.717, 1.165) is 85.9 Å². The van der Waals surface area contributed by atoms with E-state index in [-0.39, 0.29) is 11.3 Å². The van der Waals surface area contributed by atoms with E-state index in [1.54, 1.807) is 0 Å². The van der Waals surface area contributed by atoms with Gasteiger partial charge in [-0.05, 0) is 49.7 Å². The number of hydrogen-bond acceptors (Lipinski definition) is 5. The van der Waals surface area contributed by atoms with Gasteiger partial charge in [-0.1, -0.05) is 52.8 Å². The van der Waals surface area contributed by atoms with Gasteiger partial charge in [0.2, 0.25) is 5.91 Å². The van der Waals surface area contributed by atoms with Crippen LogP contribution in [0.1, 0.15) is 71.8 Å². The molecule has 1 aliphatic rings. The summed E-state index contributed by atoms with van der Waals surface area (Å²) in [6, 6.07) is 10.2. The number of amides is 1. The molecule has 1 aromatic carbocycles. The second kappa shape index (κ2) is 11.0. The van der Waals surface area contributed by atoms with Gasteiger partial charge in [0.25, 0.3) is 0 Å². The van der Waals surface area contributed by atoms with Crippen molar-refractivity contribution in [2.75, 3.05) is 31.1 Å². The van der Waals surface area contributed by atoms with E-state index in [0.29, 0.717) is 12.3 Å². The molecule has 194 valence electrons. The molecule has 0 unspecified atom stereocenters. The predicted molar refractivity (Wildman–Crippen MR) is 147 cm³/mol. The zero-order valence-electron chi connectivity index (χ0n) is 22.9. The molecule has 0 spiro atoms. The molecule has 1 saturated heterocycles. The van der Waals surface area contributed by atoms with Gasteiger partial charge in [0, 0.05) is 39.0 Å². The van der Waals surface area contributed by atoms with Gasteiger partial charge in [0.15, 0.2) is 5.65 Å². The Balaban J connectivity index is 1.60. The topological polar surface area (TPSA) is 67.2 Å². The molecule has 0 N–H and O–H groups in total. The summed E-state index contributed by atoms with van der Waals surface area (Å²) in [6.07, 6.45) is 4.42. The van der Waals surface area contributed by atoms with E-state index in [4.69, 9.17) is 15.1 Å². The molecule has 7 nitrogen and oxygen atoms in total. The lowest BCUT2D eigenvalue weighted by Gasteiger charge is -2.26. The summed E-state index contributed by atoms with van der Waals surface area (Å²) in [4.78, 5) is 27.5. The van der Waals surface area contributed by atoms with Crippen LogP contribution in [0.5, 0.6) is 0 Å².